The van der Waals surface area contributed by atoms with Gasteiger partial charge >= 0.3 is 0 Å². The van der Waals surface area contributed by atoms with Gasteiger partial charge in [-0.05, 0) is 72.1 Å². The van der Waals surface area contributed by atoms with Crippen molar-refractivity contribution in [2.24, 2.45) is 0 Å². The Kier molecular flexibility index (Phi) is 6.95. The maximum Gasteiger partial charge on any atom is 0.164 e. The van der Waals surface area contributed by atoms with Crippen molar-refractivity contribution in [3.8, 4) is 39.6 Å². The van der Waals surface area contributed by atoms with Gasteiger partial charge in [-0.2, -0.15) is 0 Å². The summed E-state index contributed by atoms with van der Waals surface area (Å²) in [5.74, 6) is 2.11. The van der Waals surface area contributed by atoms with Gasteiger partial charge in [0.25, 0.3) is 0 Å². The summed E-state index contributed by atoms with van der Waals surface area (Å²) in [6.45, 7) is 0. The van der Waals surface area contributed by atoms with Gasteiger partial charge in [0.1, 0.15) is 28.2 Å². The van der Waals surface area contributed by atoms with Crippen LogP contribution in [-0.4, -0.2) is 19.5 Å². The zero-order chi connectivity index (χ0) is 37.5. The third kappa shape index (κ3) is 5.07. The monoisotopic (exact) mass is 732 g/mol. The van der Waals surface area contributed by atoms with Crippen LogP contribution in [0.25, 0.3) is 105 Å². The Labute approximate surface area is 326 Å². The zero-order valence-corrected chi connectivity index (χ0v) is 30.6. The second-order valence-corrected chi connectivity index (χ2v) is 14.7. The average molecular weight is 733 g/mol. The number of allylic oxidation sites excluding steroid dienone is 4. The lowest BCUT2D eigenvalue weighted by Crippen LogP contribution is -2.07. The third-order valence-electron chi connectivity index (χ3n) is 11.4. The largest absolute Gasteiger partial charge is 0.456 e. The maximum absolute atomic E-state index is 6.64. The second kappa shape index (κ2) is 12.5. The second-order valence-electron chi connectivity index (χ2n) is 14.7. The first-order valence-corrected chi connectivity index (χ1v) is 19.3. The van der Waals surface area contributed by atoms with Crippen LogP contribution in [0.1, 0.15) is 18.2 Å². The molecule has 0 radical (unpaired) electrons. The summed E-state index contributed by atoms with van der Waals surface area (Å²) < 4.78 is 15.4. The van der Waals surface area contributed by atoms with Crippen LogP contribution >= 0.6 is 0 Å². The number of para-hydroxylation sites is 2. The van der Waals surface area contributed by atoms with E-state index in [-0.39, 0.29) is 5.92 Å². The molecule has 11 aromatic rings. The Hall–Kier alpha value is -7.57. The molecule has 1 unspecified atom stereocenters. The van der Waals surface area contributed by atoms with Gasteiger partial charge < -0.3 is 13.4 Å². The van der Waals surface area contributed by atoms with E-state index in [1.165, 1.54) is 21.8 Å². The summed E-state index contributed by atoms with van der Waals surface area (Å²) in [6, 6.07) is 52.8. The van der Waals surface area contributed by atoms with Crippen molar-refractivity contribution < 1.29 is 8.83 Å². The molecule has 1 aliphatic carbocycles. The lowest BCUT2D eigenvalue weighted by Gasteiger charge is -2.14. The van der Waals surface area contributed by atoms with Gasteiger partial charge in [-0.15, -0.1) is 0 Å². The number of hydrogen-bond donors (Lipinski definition) is 0. The molecule has 7 aromatic carbocycles. The van der Waals surface area contributed by atoms with Crippen molar-refractivity contribution in [1.82, 2.24) is 19.5 Å². The van der Waals surface area contributed by atoms with Crippen LogP contribution in [0.5, 0.6) is 0 Å². The molecule has 0 aliphatic heterocycles. The average Bonchev–Trinajstić information content (AvgIpc) is 3.95. The van der Waals surface area contributed by atoms with E-state index in [9.17, 15) is 0 Å². The quantitative estimate of drug-likeness (QED) is 0.176. The smallest absolute Gasteiger partial charge is 0.164 e. The molecular weight excluding hydrogens is 701 g/mol. The Morgan fingerprint density at radius 3 is 1.98 bits per heavy atom. The minimum absolute atomic E-state index is 0.0690. The predicted molar refractivity (Wildman–Crippen MR) is 231 cm³/mol. The Bertz CT molecular complexity index is 3400. The van der Waals surface area contributed by atoms with Gasteiger partial charge in [0.05, 0.1) is 11.0 Å². The van der Waals surface area contributed by atoms with Crippen molar-refractivity contribution in [3.63, 3.8) is 0 Å². The molecule has 0 fully saturated rings. The van der Waals surface area contributed by atoms with Crippen LogP contribution in [0.2, 0.25) is 0 Å². The third-order valence-corrected chi connectivity index (χ3v) is 11.4. The van der Waals surface area contributed by atoms with Crippen LogP contribution in [0.3, 0.4) is 0 Å². The Morgan fingerprint density at radius 1 is 0.474 bits per heavy atom. The van der Waals surface area contributed by atoms with E-state index >= 15 is 0 Å². The first kappa shape index (κ1) is 31.7. The lowest BCUT2D eigenvalue weighted by molar-refractivity contribution is 0.669. The van der Waals surface area contributed by atoms with Crippen molar-refractivity contribution >= 4 is 65.7 Å². The van der Waals surface area contributed by atoms with Gasteiger partial charge in [0.15, 0.2) is 11.6 Å². The van der Waals surface area contributed by atoms with Crippen LogP contribution in [-0.2, 0) is 0 Å². The normalized spacial score (nSPS) is 14.3. The van der Waals surface area contributed by atoms with E-state index in [1.54, 1.807) is 0 Å². The number of rotatable bonds is 5. The van der Waals surface area contributed by atoms with Gasteiger partial charge in [-0.25, -0.2) is 15.0 Å². The molecule has 0 spiro atoms. The van der Waals surface area contributed by atoms with Crippen molar-refractivity contribution in [2.75, 3.05) is 0 Å². The fourth-order valence-electron chi connectivity index (χ4n) is 8.64. The molecule has 0 saturated carbocycles. The van der Waals surface area contributed by atoms with E-state index in [4.69, 9.17) is 23.8 Å². The van der Waals surface area contributed by atoms with Crippen LogP contribution < -0.4 is 0 Å². The molecule has 6 nitrogen and oxygen atoms in total. The van der Waals surface area contributed by atoms with Crippen molar-refractivity contribution in [2.45, 2.75) is 12.3 Å². The van der Waals surface area contributed by atoms with Gasteiger partial charge in [-0.1, -0.05) is 115 Å². The van der Waals surface area contributed by atoms with Gasteiger partial charge in [0.2, 0.25) is 0 Å². The van der Waals surface area contributed by atoms with E-state index < -0.39 is 0 Å². The van der Waals surface area contributed by atoms with Crippen molar-refractivity contribution in [1.29, 1.82) is 0 Å². The highest BCUT2D eigenvalue weighted by molar-refractivity contribution is 6.13. The molecule has 4 heterocycles. The summed E-state index contributed by atoms with van der Waals surface area (Å²) in [6.07, 6.45) is 9.31. The zero-order valence-electron chi connectivity index (χ0n) is 30.6. The molecule has 57 heavy (non-hydrogen) atoms. The van der Waals surface area contributed by atoms with E-state index in [0.29, 0.717) is 11.6 Å². The van der Waals surface area contributed by atoms with Crippen LogP contribution in [0.15, 0.2) is 185 Å². The van der Waals surface area contributed by atoms with E-state index in [2.05, 4.69) is 138 Å². The molecule has 0 saturated heterocycles. The highest BCUT2D eigenvalue weighted by Gasteiger charge is 2.21. The summed E-state index contributed by atoms with van der Waals surface area (Å²) in [5, 5.41) is 6.63. The molecule has 12 rings (SSSR count). The number of hydrogen-bond acceptors (Lipinski definition) is 5. The van der Waals surface area contributed by atoms with Gasteiger partial charge in [0, 0.05) is 61.1 Å². The molecule has 0 bridgehead atoms. The summed E-state index contributed by atoms with van der Waals surface area (Å²) >= 11 is 0. The SMILES string of the molecule is C1=CCC(c2nc(-c3ccccc3)nc(-c3cccc4oc5ccc(-c6ccc7c(c6)oc6cc(-n8c9ccccc9c9ccccc98)ccc67)cc5c34)n2)C=C1. The summed E-state index contributed by atoms with van der Waals surface area (Å²) in [5.41, 5.74) is 10.7. The number of fused-ring (bicyclic) bond motifs is 9. The lowest BCUT2D eigenvalue weighted by atomic mass is 9.98. The predicted octanol–water partition coefficient (Wildman–Crippen LogP) is 13.4. The number of aromatic nitrogens is 4. The fourth-order valence-corrected chi connectivity index (χ4v) is 8.64. The van der Waals surface area contributed by atoms with E-state index in [1.807, 2.05) is 42.5 Å². The molecule has 4 aromatic heterocycles. The molecule has 1 aliphatic rings. The fraction of sp³-hybridized carbons (Fsp3) is 0.0392. The topological polar surface area (TPSA) is 69.9 Å². The summed E-state index contributed by atoms with van der Waals surface area (Å²) in [7, 11) is 0. The van der Waals surface area contributed by atoms with Crippen molar-refractivity contribution in [3.05, 3.63) is 182 Å². The standard InChI is InChI=1S/C51H32N4O2/c1-3-12-31(13-4-1)49-52-50(32-14-5-2-6-15-32)54-51(53-49)40-18-11-21-45-48(40)41-28-33(23-27-44(41)56-45)34-22-25-38-39-26-24-35(30-47(39)57-46(38)29-34)55-42-19-9-7-16-36(42)37-17-8-10-20-43(37)55/h1-14,16-30,32H,15H2. The minimum Gasteiger partial charge on any atom is -0.456 e. The number of furan rings is 2. The molecule has 0 amide bonds. The van der Waals surface area contributed by atoms with Gasteiger partial charge in [-0.3, -0.25) is 0 Å². The number of benzene rings is 7. The highest BCUT2D eigenvalue weighted by Crippen LogP contribution is 2.40. The molecule has 0 N–H and O–H groups in total. The number of nitrogens with zero attached hydrogens (tertiary/aromatic N) is 4. The minimum atomic E-state index is 0.0690. The molecule has 268 valence electrons. The molecule has 6 heteroatoms. The Morgan fingerprint density at radius 2 is 1.18 bits per heavy atom. The highest BCUT2D eigenvalue weighted by atomic mass is 16.3. The van der Waals surface area contributed by atoms with E-state index in [0.717, 1.165) is 84.1 Å². The first-order chi connectivity index (χ1) is 28.2. The van der Waals surface area contributed by atoms with Crippen LogP contribution in [0, 0.1) is 0 Å². The maximum atomic E-state index is 6.64. The first-order valence-electron chi connectivity index (χ1n) is 19.3. The molecular formula is C51H32N4O2. The van der Waals surface area contributed by atoms with Crippen LogP contribution in [0.4, 0.5) is 0 Å². The Balaban J connectivity index is 0.976. The molecule has 1 atom stereocenters. The summed E-state index contributed by atoms with van der Waals surface area (Å²) in [4.78, 5) is 15.2.